The third-order valence-electron chi connectivity index (χ3n) is 5.21. The Kier molecular flexibility index (Phi) is 5.44. The fraction of sp³-hybridized carbons (Fsp3) is 0.579. The SMILES string of the molecule is Cc1cccc(CC(=O)NC2CCN(C3CCCCC3)C2=O)c1Cl. The van der Waals surface area contributed by atoms with E-state index >= 15 is 0 Å². The van der Waals surface area contributed by atoms with E-state index in [0.29, 0.717) is 17.5 Å². The van der Waals surface area contributed by atoms with Gasteiger partial charge in [0.05, 0.1) is 6.42 Å². The molecule has 1 aliphatic heterocycles. The fourth-order valence-electron chi connectivity index (χ4n) is 3.85. The molecular weight excluding hydrogens is 324 g/mol. The number of rotatable bonds is 4. The average Bonchev–Trinajstić information content (AvgIpc) is 2.93. The summed E-state index contributed by atoms with van der Waals surface area (Å²) < 4.78 is 0. The Labute approximate surface area is 148 Å². The number of carbonyl (C=O) groups is 2. The third kappa shape index (κ3) is 3.75. The molecule has 1 N–H and O–H groups in total. The highest BCUT2D eigenvalue weighted by Crippen LogP contribution is 2.26. The van der Waals surface area contributed by atoms with Gasteiger partial charge in [-0.15, -0.1) is 0 Å². The van der Waals surface area contributed by atoms with Crippen LogP contribution in [0.15, 0.2) is 18.2 Å². The zero-order valence-corrected chi connectivity index (χ0v) is 14.9. The number of nitrogens with zero attached hydrogens (tertiary/aromatic N) is 1. The minimum Gasteiger partial charge on any atom is -0.344 e. The van der Waals surface area contributed by atoms with Crippen LogP contribution in [-0.4, -0.2) is 35.3 Å². The monoisotopic (exact) mass is 348 g/mol. The first-order valence-corrected chi connectivity index (χ1v) is 9.28. The molecule has 2 amide bonds. The Morgan fingerprint density at radius 1 is 1.25 bits per heavy atom. The van der Waals surface area contributed by atoms with Crippen molar-refractivity contribution in [2.45, 2.75) is 64.0 Å². The molecule has 4 nitrogen and oxygen atoms in total. The molecule has 1 heterocycles. The highest BCUT2D eigenvalue weighted by atomic mass is 35.5. The summed E-state index contributed by atoms with van der Waals surface area (Å²) >= 11 is 6.25. The summed E-state index contributed by atoms with van der Waals surface area (Å²) in [5.41, 5.74) is 1.77. The highest BCUT2D eigenvalue weighted by Gasteiger charge is 2.36. The second-order valence-electron chi connectivity index (χ2n) is 6.96. The summed E-state index contributed by atoms with van der Waals surface area (Å²) in [7, 11) is 0. The molecule has 1 aromatic rings. The number of benzene rings is 1. The van der Waals surface area contributed by atoms with Gasteiger partial charge in [0.15, 0.2) is 0 Å². The van der Waals surface area contributed by atoms with Gasteiger partial charge in [0.25, 0.3) is 0 Å². The Morgan fingerprint density at radius 3 is 2.75 bits per heavy atom. The minimum atomic E-state index is -0.372. The minimum absolute atomic E-state index is 0.0885. The molecule has 1 saturated heterocycles. The molecule has 1 aromatic carbocycles. The number of nitrogens with one attached hydrogen (secondary N) is 1. The van der Waals surface area contributed by atoms with Crippen LogP contribution in [0.4, 0.5) is 0 Å². The molecule has 1 aliphatic carbocycles. The van der Waals surface area contributed by atoms with E-state index in [1.165, 1.54) is 19.3 Å². The Bertz CT molecular complexity index is 626. The summed E-state index contributed by atoms with van der Waals surface area (Å²) in [5, 5.41) is 3.54. The van der Waals surface area contributed by atoms with Crippen LogP contribution in [0.3, 0.4) is 0 Å². The smallest absolute Gasteiger partial charge is 0.245 e. The number of halogens is 1. The van der Waals surface area contributed by atoms with E-state index in [1.807, 2.05) is 30.0 Å². The Hall–Kier alpha value is -1.55. The molecule has 130 valence electrons. The second-order valence-corrected chi connectivity index (χ2v) is 7.33. The summed E-state index contributed by atoms with van der Waals surface area (Å²) in [6.07, 6.45) is 6.82. The maximum Gasteiger partial charge on any atom is 0.245 e. The lowest BCUT2D eigenvalue weighted by atomic mass is 9.94. The molecule has 2 aliphatic rings. The molecule has 0 aromatic heterocycles. The molecule has 24 heavy (non-hydrogen) atoms. The molecule has 1 atom stereocenters. The average molecular weight is 349 g/mol. The summed E-state index contributed by atoms with van der Waals surface area (Å²) in [5.74, 6) is -0.0445. The first kappa shape index (κ1) is 17.3. The van der Waals surface area contributed by atoms with Crippen molar-refractivity contribution in [3.63, 3.8) is 0 Å². The van der Waals surface area contributed by atoms with Gasteiger partial charge in [-0.2, -0.15) is 0 Å². The van der Waals surface area contributed by atoms with E-state index in [4.69, 9.17) is 11.6 Å². The number of hydrogen-bond acceptors (Lipinski definition) is 2. The van der Waals surface area contributed by atoms with Crippen LogP contribution in [0.1, 0.15) is 49.7 Å². The zero-order chi connectivity index (χ0) is 17.1. The van der Waals surface area contributed by atoms with Crippen molar-refractivity contribution in [2.75, 3.05) is 6.54 Å². The predicted octanol–water partition coefficient (Wildman–Crippen LogP) is 3.24. The molecule has 5 heteroatoms. The van der Waals surface area contributed by atoms with Gasteiger partial charge < -0.3 is 10.2 Å². The Balaban J connectivity index is 1.57. The van der Waals surface area contributed by atoms with Crippen molar-refractivity contribution < 1.29 is 9.59 Å². The van der Waals surface area contributed by atoms with Crippen molar-refractivity contribution >= 4 is 23.4 Å². The quantitative estimate of drug-likeness (QED) is 0.908. The van der Waals surface area contributed by atoms with Crippen molar-refractivity contribution in [3.8, 4) is 0 Å². The standard InChI is InChI=1S/C19H25ClN2O2/c1-13-6-5-7-14(18(13)20)12-17(23)21-16-10-11-22(19(16)24)15-8-3-2-4-9-15/h5-7,15-16H,2-4,8-12H2,1H3,(H,21,23). The van der Waals surface area contributed by atoms with Crippen molar-refractivity contribution in [3.05, 3.63) is 34.3 Å². The van der Waals surface area contributed by atoms with Crippen molar-refractivity contribution in [1.29, 1.82) is 0 Å². The zero-order valence-electron chi connectivity index (χ0n) is 14.2. The lowest BCUT2D eigenvalue weighted by molar-refractivity contribution is -0.134. The number of amides is 2. The van der Waals surface area contributed by atoms with Gasteiger partial charge >= 0.3 is 0 Å². The topological polar surface area (TPSA) is 49.4 Å². The van der Waals surface area contributed by atoms with Crippen LogP contribution < -0.4 is 5.32 Å². The first-order valence-electron chi connectivity index (χ1n) is 8.90. The summed E-state index contributed by atoms with van der Waals surface area (Å²) in [6, 6.07) is 5.68. The predicted molar refractivity (Wildman–Crippen MR) is 95.0 cm³/mol. The maximum atomic E-state index is 12.6. The van der Waals surface area contributed by atoms with Crippen LogP contribution in [0.5, 0.6) is 0 Å². The largest absolute Gasteiger partial charge is 0.344 e. The van der Waals surface area contributed by atoms with E-state index in [2.05, 4.69) is 5.32 Å². The number of hydrogen-bond donors (Lipinski definition) is 1. The van der Waals surface area contributed by atoms with Crippen LogP contribution in [-0.2, 0) is 16.0 Å². The highest BCUT2D eigenvalue weighted by molar-refractivity contribution is 6.32. The van der Waals surface area contributed by atoms with Gasteiger partial charge in [-0.3, -0.25) is 9.59 Å². The summed E-state index contributed by atoms with van der Waals surface area (Å²) in [4.78, 5) is 26.9. The number of carbonyl (C=O) groups excluding carboxylic acids is 2. The number of aryl methyl sites for hydroxylation is 1. The molecule has 0 spiro atoms. The van der Waals surface area contributed by atoms with E-state index in [-0.39, 0.29) is 24.3 Å². The normalized spacial score (nSPS) is 22.0. The van der Waals surface area contributed by atoms with E-state index in [9.17, 15) is 9.59 Å². The Morgan fingerprint density at radius 2 is 2.00 bits per heavy atom. The molecule has 3 rings (SSSR count). The van der Waals surface area contributed by atoms with Gasteiger partial charge in [0.2, 0.25) is 11.8 Å². The van der Waals surface area contributed by atoms with Gasteiger partial charge in [0.1, 0.15) is 6.04 Å². The molecule has 2 fully saturated rings. The van der Waals surface area contributed by atoms with Crippen LogP contribution in [0.25, 0.3) is 0 Å². The fourth-order valence-corrected chi connectivity index (χ4v) is 4.05. The second kappa shape index (κ2) is 7.56. The lowest BCUT2D eigenvalue weighted by Gasteiger charge is -2.31. The third-order valence-corrected chi connectivity index (χ3v) is 5.75. The van der Waals surface area contributed by atoms with Crippen molar-refractivity contribution in [1.82, 2.24) is 10.2 Å². The molecule has 1 unspecified atom stereocenters. The van der Waals surface area contributed by atoms with E-state index in [1.54, 1.807) is 0 Å². The lowest BCUT2D eigenvalue weighted by Crippen LogP contribution is -2.45. The van der Waals surface area contributed by atoms with Gasteiger partial charge in [-0.25, -0.2) is 0 Å². The number of likely N-dealkylation sites (tertiary alicyclic amines) is 1. The van der Waals surface area contributed by atoms with Gasteiger partial charge in [-0.05, 0) is 37.3 Å². The molecule has 0 bridgehead atoms. The molecular formula is C19H25ClN2O2. The van der Waals surface area contributed by atoms with Crippen molar-refractivity contribution in [2.24, 2.45) is 0 Å². The molecule has 0 radical (unpaired) electrons. The van der Waals surface area contributed by atoms with Crippen LogP contribution in [0, 0.1) is 6.92 Å². The van der Waals surface area contributed by atoms with Gasteiger partial charge in [-0.1, -0.05) is 49.1 Å². The van der Waals surface area contributed by atoms with Gasteiger partial charge in [0, 0.05) is 17.6 Å². The van der Waals surface area contributed by atoms with Crippen LogP contribution in [0.2, 0.25) is 5.02 Å². The van der Waals surface area contributed by atoms with Crippen LogP contribution >= 0.6 is 11.6 Å². The first-order chi connectivity index (χ1) is 11.6. The molecule has 1 saturated carbocycles. The maximum absolute atomic E-state index is 12.6. The summed E-state index contributed by atoms with van der Waals surface area (Å²) in [6.45, 7) is 2.69. The van der Waals surface area contributed by atoms with E-state index in [0.717, 1.165) is 30.5 Å². The van der Waals surface area contributed by atoms with E-state index < -0.39 is 0 Å².